The van der Waals surface area contributed by atoms with Crippen molar-refractivity contribution in [3.05, 3.63) is 47.5 Å². The van der Waals surface area contributed by atoms with Gasteiger partial charge in [0.25, 0.3) is 0 Å². The van der Waals surface area contributed by atoms with Crippen molar-refractivity contribution in [3.63, 3.8) is 0 Å². The number of nitrogens with zero attached hydrogens (tertiary/aromatic N) is 1. The number of hydrogen-bond acceptors (Lipinski definition) is 2. The quantitative estimate of drug-likeness (QED) is 0.918. The first-order chi connectivity index (χ1) is 9.63. The first-order valence-electron chi connectivity index (χ1n) is 6.53. The van der Waals surface area contributed by atoms with E-state index in [0.29, 0.717) is 13.0 Å². The molecule has 0 aromatic heterocycles. The molecule has 1 heterocycles. The molecule has 4 nitrogen and oxygen atoms in total. The zero-order chi connectivity index (χ0) is 14.5. The molecular formula is C15H17ClN2O2. The maximum Gasteiger partial charge on any atom is 0.246 e. The Morgan fingerprint density at radius 1 is 1.30 bits per heavy atom. The molecule has 0 aliphatic carbocycles. The van der Waals surface area contributed by atoms with Crippen molar-refractivity contribution >= 4 is 23.4 Å². The average Bonchev–Trinajstić information content (AvgIpc) is 2.46. The van der Waals surface area contributed by atoms with Gasteiger partial charge in [0.15, 0.2) is 0 Å². The fraction of sp³-hybridized carbons (Fsp3) is 0.333. The van der Waals surface area contributed by atoms with Crippen molar-refractivity contribution in [2.45, 2.75) is 25.4 Å². The summed E-state index contributed by atoms with van der Waals surface area (Å²) < 4.78 is 0. The monoisotopic (exact) mass is 292 g/mol. The van der Waals surface area contributed by atoms with E-state index in [2.05, 4.69) is 5.32 Å². The van der Waals surface area contributed by atoms with E-state index in [0.717, 1.165) is 5.56 Å². The van der Waals surface area contributed by atoms with Crippen LogP contribution in [0.25, 0.3) is 0 Å². The Kier molecular flexibility index (Phi) is 4.79. The molecular weight excluding hydrogens is 276 g/mol. The summed E-state index contributed by atoms with van der Waals surface area (Å²) in [5.74, 6) is -0.204. The van der Waals surface area contributed by atoms with Gasteiger partial charge in [-0.2, -0.15) is 0 Å². The fourth-order valence-electron chi connectivity index (χ4n) is 2.28. The van der Waals surface area contributed by atoms with E-state index in [1.54, 1.807) is 17.9 Å². The molecule has 2 unspecified atom stereocenters. The van der Waals surface area contributed by atoms with Crippen molar-refractivity contribution in [2.75, 3.05) is 6.54 Å². The van der Waals surface area contributed by atoms with Gasteiger partial charge < -0.3 is 10.2 Å². The second-order valence-corrected chi connectivity index (χ2v) is 5.03. The lowest BCUT2D eigenvalue weighted by atomic mass is 10.0. The van der Waals surface area contributed by atoms with Gasteiger partial charge in [0.05, 0.1) is 0 Å². The molecule has 1 saturated heterocycles. The Morgan fingerprint density at radius 2 is 2.00 bits per heavy atom. The van der Waals surface area contributed by atoms with Gasteiger partial charge in [-0.25, -0.2) is 0 Å². The van der Waals surface area contributed by atoms with E-state index in [4.69, 9.17) is 11.6 Å². The molecule has 2 amide bonds. The molecule has 5 heteroatoms. The lowest BCUT2D eigenvalue weighted by Crippen LogP contribution is -2.62. The number of piperazine rings is 1. The maximum atomic E-state index is 12.4. The highest BCUT2D eigenvalue weighted by Gasteiger charge is 2.37. The van der Waals surface area contributed by atoms with Gasteiger partial charge in [0, 0.05) is 18.5 Å². The van der Waals surface area contributed by atoms with Crippen LogP contribution in [0.5, 0.6) is 0 Å². The van der Waals surface area contributed by atoms with Crippen LogP contribution in [0.15, 0.2) is 41.9 Å². The minimum Gasteiger partial charge on any atom is -0.342 e. The van der Waals surface area contributed by atoms with Crippen molar-refractivity contribution in [1.82, 2.24) is 10.2 Å². The van der Waals surface area contributed by atoms with E-state index < -0.39 is 12.1 Å². The molecule has 1 fully saturated rings. The van der Waals surface area contributed by atoms with Crippen LogP contribution in [0.4, 0.5) is 0 Å². The summed E-state index contributed by atoms with van der Waals surface area (Å²) in [7, 11) is 0. The SMILES string of the molecule is CC1C(=O)NC(Cc2ccccc2)C(=O)N1C/C=C/Cl. The molecule has 1 aliphatic rings. The highest BCUT2D eigenvalue weighted by molar-refractivity contribution is 6.25. The predicted octanol–water partition coefficient (Wildman–Crippen LogP) is 1.70. The average molecular weight is 293 g/mol. The van der Waals surface area contributed by atoms with Crippen molar-refractivity contribution in [2.24, 2.45) is 0 Å². The number of hydrogen-bond donors (Lipinski definition) is 1. The van der Waals surface area contributed by atoms with Gasteiger partial charge in [0.1, 0.15) is 12.1 Å². The van der Waals surface area contributed by atoms with E-state index in [-0.39, 0.29) is 11.8 Å². The van der Waals surface area contributed by atoms with Crippen molar-refractivity contribution < 1.29 is 9.59 Å². The second-order valence-electron chi connectivity index (χ2n) is 4.78. The number of nitrogens with one attached hydrogen (secondary N) is 1. The lowest BCUT2D eigenvalue weighted by molar-refractivity contribution is -0.147. The van der Waals surface area contributed by atoms with Crippen LogP contribution >= 0.6 is 11.6 Å². The van der Waals surface area contributed by atoms with Gasteiger partial charge in [-0.15, -0.1) is 0 Å². The summed E-state index contributed by atoms with van der Waals surface area (Å²) in [5.41, 5.74) is 2.38. The highest BCUT2D eigenvalue weighted by atomic mass is 35.5. The molecule has 0 radical (unpaired) electrons. The smallest absolute Gasteiger partial charge is 0.246 e. The maximum absolute atomic E-state index is 12.4. The van der Waals surface area contributed by atoms with Crippen molar-refractivity contribution in [1.29, 1.82) is 0 Å². The Morgan fingerprint density at radius 3 is 2.65 bits per heavy atom. The largest absolute Gasteiger partial charge is 0.342 e. The number of benzene rings is 1. The summed E-state index contributed by atoms with van der Waals surface area (Å²) in [4.78, 5) is 25.9. The number of carbonyl (C=O) groups is 2. The van der Waals surface area contributed by atoms with Crippen molar-refractivity contribution in [3.8, 4) is 0 Å². The number of rotatable bonds is 4. The topological polar surface area (TPSA) is 49.4 Å². The van der Waals surface area contributed by atoms with Gasteiger partial charge in [-0.05, 0) is 12.5 Å². The number of amides is 2. The van der Waals surface area contributed by atoms with Crippen LogP contribution in [0.1, 0.15) is 12.5 Å². The molecule has 2 rings (SSSR count). The normalized spacial score (nSPS) is 23.2. The first-order valence-corrected chi connectivity index (χ1v) is 6.97. The molecule has 2 atom stereocenters. The summed E-state index contributed by atoms with van der Waals surface area (Å²) >= 11 is 5.50. The molecule has 0 saturated carbocycles. The van der Waals surface area contributed by atoms with Gasteiger partial charge >= 0.3 is 0 Å². The zero-order valence-electron chi connectivity index (χ0n) is 11.3. The van der Waals surface area contributed by atoms with E-state index in [1.165, 1.54) is 5.54 Å². The van der Waals surface area contributed by atoms with Crippen LogP contribution in [-0.4, -0.2) is 35.3 Å². The third kappa shape index (κ3) is 3.20. The standard InChI is InChI=1S/C15H17ClN2O2/c1-11-14(19)17-13(10-12-6-3-2-4-7-12)15(20)18(11)9-5-8-16/h2-8,11,13H,9-10H2,1H3,(H,17,19)/b8-5+. The Labute approximate surface area is 123 Å². The first kappa shape index (κ1) is 14.6. The zero-order valence-corrected chi connectivity index (χ0v) is 12.0. The van der Waals surface area contributed by atoms with Gasteiger partial charge in [0.2, 0.25) is 11.8 Å². The second kappa shape index (κ2) is 6.57. The molecule has 0 bridgehead atoms. The Hall–Kier alpha value is -1.81. The molecule has 1 aromatic rings. The lowest BCUT2D eigenvalue weighted by Gasteiger charge is -2.36. The van der Waals surface area contributed by atoms with Gasteiger partial charge in [-0.3, -0.25) is 9.59 Å². The minimum atomic E-state index is -0.509. The molecule has 1 aromatic carbocycles. The van der Waals surface area contributed by atoms with Crippen LogP contribution in [-0.2, 0) is 16.0 Å². The number of halogens is 1. The summed E-state index contributed by atoms with van der Waals surface area (Å²) in [5, 5.41) is 2.78. The van der Waals surface area contributed by atoms with E-state index in [1.807, 2.05) is 30.3 Å². The molecule has 106 valence electrons. The minimum absolute atomic E-state index is 0.0734. The highest BCUT2D eigenvalue weighted by Crippen LogP contribution is 2.14. The molecule has 20 heavy (non-hydrogen) atoms. The van der Waals surface area contributed by atoms with Crippen LogP contribution in [0, 0.1) is 0 Å². The third-order valence-corrected chi connectivity index (χ3v) is 3.60. The van der Waals surface area contributed by atoms with E-state index in [9.17, 15) is 9.59 Å². The summed E-state index contributed by atoms with van der Waals surface area (Å²) in [6, 6.07) is 8.67. The van der Waals surface area contributed by atoms with Crippen LogP contribution < -0.4 is 5.32 Å². The Balaban J connectivity index is 2.13. The molecule has 1 aliphatic heterocycles. The fourth-order valence-corrected chi connectivity index (χ4v) is 2.36. The Bertz CT molecular complexity index is 516. The molecule has 1 N–H and O–H groups in total. The van der Waals surface area contributed by atoms with Crippen LogP contribution in [0.3, 0.4) is 0 Å². The third-order valence-electron chi connectivity index (χ3n) is 3.42. The van der Waals surface area contributed by atoms with Gasteiger partial charge in [-0.1, -0.05) is 48.0 Å². The molecule has 0 spiro atoms. The predicted molar refractivity (Wildman–Crippen MR) is 78.2 cm³/mol. The summed E-state index contributed by atoms with van der Waals surface area (Å²) in [6.45, 7) is 2.07. The number of carbonyl (C=O) groups excluding carboxylic acids is 2. The summed E-state index contributed by atoms with van der Waals surface area (Å²) in [6.07, 6.45) is 2.16. The van der Waals surface area contributed by atoms with Crippen LogP contribution in [0.2, 0.25) is 0 Å². The van der Waals surface area contributed by atoms with E-state index >= 15 is 0 Å².